The fourth-order valence-electron chi connectivity index (χ4n) is 3.33. The van der Waals surface area contributed by atoms with Crippen LogP contribution in [0.1, 0.15) is 22.7 Å². The van der Waals surface area contributed by atoms with Gasteiger partial charge in [0.25, 0.3) is 0 Å². The van der Waals surface area contributed by atoms with Crippen molar-refractivity contribution >= 4 is 0 Å². The van der Waals surface area contributed by atoms with Crippen molar-refractivity contribution in [2.45, 2.75) is 12.8 Å². The van der Waals surface area contributed by atoms with Crippen molar-refractivity contribution < 1.29 is 4.74 Å². The minimum Gasteiger partial charge on any atom is -0.422 e. The monoisotopic (exact) mass is 332 g/mol. The molecule has 3 N–H and O–H groups in total. The number of ether oxygens (including phenoxy) is 1. The average molecular weight is 332 g/mol. The molecule has 3 aromatic rings. The smallest absolute Gasteiger partial charge is 0.224 e. The van der Waals surface area contributed by atoms with E-state index in [-0.39, 0.29) is 11.8 Å². The zero-order chi connectivity index (χ0) is 17.6. The number of H-pyrrole nitrogens is 1. The van der Waals surface area contributed by atoms with Crippen LogP contribution < -0.4 is 10.5 Å². The summed E-state index contributed by atoms with van der Waals surface area (Å²) in [5.74, 6) is 0.277. The molecule has 25 heavy (non-hydrogen) atoms. The third-order valence-electron chi connectivity index (χ3n) is 4.43. The van der Waals surface area contributed by atoms with Gasteiger partial charge in [0.1, 0.15) is 11.6 Å². The summed E-state index contributed by atoms with van der Waals surface area (Å²) in [5.41, 5.74) is 10.7. The van der Waals surface area contributed by atoms with E-state index in [0.29, 0.717) is 11.5 Å². The number of benzene rings is 1. The van der Waals surface area contributed by atoms with Crippen LogP contribution in [0.25, 0.3) is 11.3 Å². The highest BCUT2D eigenvalue weighted by Gasteiger charge is 2.37. The van der Waals surface area contributed by atoms with Crippen molar-refractivity contribution in [1.82, 2.24) is 20.0 Å². The molecule has 0 unspecified atom stereocenters. The molecule has 0 spiro atoms. The topological polar surface area (TPSA) is 106 Å². The van der Waals surface area contributed by atoms with Gasteiger partial charge in [0.05, 0.1) is 29.1 Å². The zero-order valence-corrected chi connectivity index (χ0v) is 13.8. The molecule has 1 aliphatic rings. The molecular weight excluding hydrogens is 316 g/mol. The summed E-state index contributed by atoms with van der Waals surface area (Å²) in [6, 6.07) is 12.1. The summed E-state index contributed by atoms with van der Waals surface area (Å²) in [6.45, 7) is 1.90. The van der Waals surface area contributed by atoms with E-state index in [0.717, 1.165) is 28.1 Å². The fourth-order valence-corrected chi connectivity index (χ4v) is 3.33. The molecule has 1 aromatic carbocycles. The number of hydrogen-bond acceptors (Lipinski definition) is 5. The molecule has 0 radical (unpaired) electrons. The maximum absolute atomic E-state index is 9.69. The van der Waals surface area contributed by atoms with E-state index in [4.69, 9.17) is 10.5 Å². The number of nitrogens with two attached hydrogens (primary N) is 1. The van der Waals surface area contributed by atoms with E-state index in [2.05, 4.69) is 21.4 Å². The first-order valence-corrected chi connectivity index (χ1v) is 7.81. The van der Waals surface area contributed by atoms with Crippen LogP contribution in [0.15, 0.2) is 48.0 Å². The molecule has 124 valence electrons. The number of nitrogens with one attached hydrogen (secondary N) is 1. The van der Waals surface area contributed by atoms with Crippen LogP contribution in [0.2, 0.25) is 0 Å². The molecule has 4 rings (SSSR count). The molecule has 0 bridgehead atoms. The number of aromatic amines is 1. The summed E-state index contributed by atoms with van der Waals surface area (Å²) in [6.07, 6.45) is 1.74. The van der Waals surface area contributed by atoms with Gasteiger partial charge < -0.3 is 10.5 Å². The summed E-state index contributed by atoms with van der Waals surface area (Å²) >= 11 is 0. The minimum atomic E-state index is -0.378. The van der Waals surface area contributed by atoms with E-state index < -0.39 is 0 Å². The number of aryl methyl sites for hydroxylation is 2. The first-order chi connectivity index (χ1) is 12.1. The summed E-state index contributed by atoms with van der Waals surface area (Å²) in [4.78, 5) is 0. The average Bonchev–Trinajstić information content (AvgIpc) is 3.20. The van der Waals surface area contributed by atoms with Crippen molar-refractivity contribution in [3.05, 3.63) is 64.8 Å². The number of nitrogens with zero attached hydrogens (tertiary/aromatic N) is 4. The Kier molecular flexibility index (Phi) is 3.32. The van der Waals surface area contributed by atoms with Gasteiger partial charge in [0, 0.05) is 12.6 Å². The first kappa shape index (κ1) is 15.0. The van der Waals surface area contributed by atoms with Crippen LogP contribution in [0, 0.1) is 18.3 Å². The lowest BCUT2D eigenvalue weighted by Gasteiger charge is -2.24. The summed E-state index contributed by atoms with van der Waals surface area (Å²) < 4.78 is 7.31. The molecule has 0 aliphatic carbocycles. The second kappa shape index (κ2) is 5.53. The summed E-state index contributed by atoms with van der Waals surface area (Å²) in [7, 11) is 1.79. The predicted molar refractivity (Wildman–Crippen MR) is 91.3 cm³/mol. The number of nitriles is 1. The lowest BCUT2D eigenvalue weighted by atomic mass is 9.83. The fraction of sp³-hybridized carbons (Fsp3) is 0.167. The lowest BCUT2D eigenvalue weighted by molar-refractivity contribution is 0.358. The van der Waals surface area contributed by atoms with Crippen molar-refractivity contribution in [3.63, 3.8) is 0 Å². The third kappa shape index (κ3) is 2.19. The molecule has 2 aromatic heterocycles. The van der Waals surface area contributed by atoms with Gasteiger partial charge in [-0.3, -0.25) is 5.10 Å². The van der Waals surface area contributed by atoms with Crippen molar-refractivity contribution in [2.24, 2.45) is 12.8 Å². The standard InChI is InChI=1S/C18H16N6O/c1-10-14-15(12(8-19)17(20)25-18(14)24(2)23-10)13-9-21-22-16(13)11-6-4-3-5-7-11/h3-7,9,15H,20H2,1-2H3,(H,21,22)/t15-/m1/s1. The Bertz CT molecular complexity index is 1020. The Balaban J connectivity index is 1.97. The van der Waals surface area contributed by atoms with Gasteiger partial charge in [-0.25, -0.2) is 4.68 Å². The van der Waals surface area contributed by atoms with Crippen molar-refractivity contribution in [1.29, 1.82) is 5.26 Å². The van der Waals surface area contributed by atoms with E-state index >= 15 is 0 Å². The Labute approximate surface area is 144 Å². The predicted octanol–water partition coefficient (Wildman–Crippen LogP) is 2.34. The van der Waals surface area contributed by atoms with E-state index in [1.807, 2.05) is 37.3 Å². The molecule has 3 heterocycles. The second-order valence-corrected chi connectivity index (χ2v) is 5.92. The van der Waals surface area contributed by atoms with E-state index in [1.165, 1.54) is 0 Å². The quantitative estimate of drug-likeness (QED) is 0.749. The molecule has 7 nitrogen and oxygen atoms in total. The largest absolute Gasteiger partial charge is 0.422 e. The van der Waals surface area contributed by atoms with Gasteiger partial charge >= 0.3 is 0 Å². The number of allylic oxidation sites excluding steroid dienone is 1. The number of rotatable bonds is 2. The van der Waals surface area contributed by atoms with Crippen LogP contribution >= 0.6 is 0 Å². The van der Waals surface area contributed by atoms with Crippen LogP contribution in [0.5, 0.6) is 5.88 Å². The zero-order valence-electron chi connectivity index (χ0n) is 13.8. The van der Waals surface area contributed by atoms with Crippen LogP contribution in [-0.4, -0.2) is 20.0 Å². The van der Waals surface area contributed by atoms with Gasteiger partial charge in [-0.2, -0.15) is 15.5 Å². The normalized spacial score (nSPS) is 16.3. The van der Waals surface area contributed by atoms with Gasteiger partial charge in [0.15, 0.2) is 0 Å². The van der Waals surface area contributed by atoms with Crippen LogP contribution in [0.3, 0.4) is 0 Å². The van der Waals surface area contributed by atoms with Gasteiger partial charge in [-0.1, -0.05) is 30.3 Å². The highest BCUT2D eigenvalue weighted by atomic mass is 16.5. The number of fused-ring (bicyclic) bond motifs is 1. The SMILES string of the molecule is Cc1nn(C)c2c1[C@@H](c1cn[nH]c1-c1ccccc1)C(C#N)=C(N)O2. The molecule has 0 amide bonds. The molecule has 1 aliphatic heterocycles. The van der Waals surface area contributed by atoms with Crippen molar-refractivity contribution in [3.8, 4) is 23.2 Å². The first-order valence-electron chi connectivity index (χ1n) is 7.81. The van der Waals surface area contributed by atoms with Gasteiger partial charge in [-0.15, -0.1) is 0 Å². The maximum atomic E-state index is 9.69. The number of aromatic nitrogens is 4. The minimum absolute atomic E-state index is 0.100. The third-order valence-corrected chi connectivity index (χ3v) is 4.43. The molecule has 1 atom stereocenters. The Hall–Kier alpha value is -3.53. The molecule has 7 heteroatoms. The Morgan fingerprint density at radius 3 is 2.80 bits per heavy atom. The molecule has 0 saturated heterocycles. The molecule has 0 saturated carbocycles. The highest BCUT2D eigenvalue weighted by molar-refractivity contribution is 5.68. The summed E-state index contributed by atoms with van der Waals surface area (Å²) in [5, 5.41) is 21.4. The highest BCUT2D eigenvalue weighted by Crippen LogP contribution is 2.45. The molecule has 0 fully saturated rings. The molecular formula is C18H16N6O. The second-order valence-electron chi connectivity index (χ2n) is 5.92. The van der Waals surface area contributed by atoms with Crippen molar-refractivity contribution in [2.75, 3.05) is 0 Å². The van der Waals surface area contributed by atoms with Gasteiger partial charge in [0.2, 0.25) is 11.8 Å². The van der Waals surface area contributed by atoms with E-state index in [1.54, 1.807) is 17.9 Å². The lowest BCUT2D eigenvalue weighted by Crippen LogP contribution is -2.22. The van der Waals surface area contributed by atoms with E-state index in [9.17, 15) is 5.26 Å². The Morgan fingerprint density at radius 2 is 2.08 bits per heavy atom. The van der Waals surface area contributed by atoms with Crippen LogP contribution in [0.4, 0.5) is 0 Å². The Morgan fingerprint density at radius 1 is 1.32 bits per heavy atom. The van der Waals surface area contributed by atoms with Crippen LogP contribution in [-0.2, 0) is 7.05 Å². The maximum Gasteiger partial charge on any atom is 0.224 e. The van der Waals surface area contributed by atoms with Gasteiger partial charge in [-0.05, 0) is 12.5 Å². The number of hydrogen-bond donors (Lipinski definition) is 2.